The first-order chi connectivity index (χ1) is 9.13. The number of hydrogen-bond donors (Lipinski definition) is 3. The lowest BCUT2D eigenvalue weighted by Crippen LogP contribution is -1.97. The average Bonchev–Trinajstić information content (AvgIpc) is 2.81. The van der Waals surface area contributed by atoms with E-state index in [-0.39, 0.29) is 0 Å². The van der Waals surface area contributed by atoms with Crippen molar-refractivity contribution in [1.82, 2.24) is 10.2 Å². The summed E-state index contributed by atoms with van der Waals surface area (Å²) < 4.78 is 0. The Morgan fingerprint density at radius 2 is 2.05 bits per heavy atom. The first kappa shape index (κ1) is 11.9. The minimum absolute atomic E-state index is 0.659. The molecule has 0 aliphatic carbocycles. The van der Waals surface area contributed by atoms with Crippen LogP contribution in [0.5, 0.6) is 0 Å². The van der Waals surface area contributed by atoms with Crippen LogP contribution in [0.15, 0.2) is 36.5 Å². The molecule has 1 aromatic heterocycles. The van der Waals surface area contributed by atoms with E-state index in [9.17, 15) is 0 Å². The van der Waals surface area contributed by atoms with Crippen molar-refractivity contribution in [2.45, 2.75) is 6.92 Å². The second-order valence-electron chi connectivity index (χ2n) is 4.51. The monoisotopic (exact) mass is 272 g/mol. The Hall–Kier alpha value is -2.20. The lowest BCUT2D eigenvalue weighted by Gasteiger charge is -2.11. The molecule has 0 aliphatic rings. The summed E-state index contributed by atoms with van der Waals surface area (Å²) in [5.74, 6) is 0. The molecule has 5 heteroatoms. The van der Waals surface area contributed by atoms with Crippen molar-refractivity contribution in [1.29, 1.82) is 0 Å². The van der Waals surface area contributed by atoms with Crippen molar-refractivity contribution in [3.8, 4) is 0 Å². The minimum atomic E-state index is 0.659. The van der Waals surface area contributed by atoms with Gasteiger partial charge in [0.1, 0.15) is 0 Å². The molecule has 0 saturated heterocycles. The maximum atomic E-state index is 6.17. The van der Waals surface area contributed by atoms with E-state index in [1.54, 1.807) is 6.20 Å². The Morgan fingerprint density at radius 3 is 2.89 bits per heavy atom. The number of hydrogen-bond acceptors (Lipinski definition) is 3. The summed E-state index contributed by atoms with van der Waals surface area (Å²) in [5, 5.41) is 11.8. The number of halogens is 1. The molecule has 19 heavy (non-hydrogen) atoms. The number of fused-ring (bicyclic) bond motifs is 1. The molecule has 4 N–H and O–H groups in total. The number of rotatable bonds is 2. The van der Waals surface area contributed by atoms with E-state index >= 15 is 0 Å². The van der Waals surface area contributed by atoms with Crippen molar-refractivity contribution < 1.29 is 0 Å². The van der Waals surface area contributed by atoms with Gasteiger partial charge in [0.15, 0.2) is 0 Å². The van der Waals surface area contributed by atoms with Gasteiger partial charge >= 0.3 is 0 Å². The zero-order valence-electron chi connectivity index (χ0n) is 10.4. The summed E-state index contributed by atoms with van der Waals surface area (Å²) in [6.07, 6.45) is 1.75. The van der Waals surface area contributed by atoms with Gasteiger partial charge < -0.3 is 11.1 Å². The topological polar surface area (TPSA) is 66.7 Å². The number of anilines is 3. The van der Waals surface area contributed by atoms with Gasteiger partial charge in [0.05, 0.1) is 33.8 Å². The van der Waals surface area contributed by atoms with E-state index in [1.807, 2.05) is 37.3 Å². The van der Waals surface area contributed by atoms with E-state index < -0.39 is 0 Å². The molecular formula is C14H13ClN4. The Balaban J connectivity index is 2.04. The summed E-state index contributed by atoms with van der Waals surface area (Å²) in [4.78, 5) is 0. The zero-order chi connectivity index (χ0) is 13.4. The maximum Gasteiger partial charge on any atom is 0.0672 e. The third kappa shape index (κ3) is 2.22. The second kappa shape index (κ2) is 4.48. The lowest BCUT2D eigenvalue weighted by molar-refractivity contribution is 1.12. The Morgan fingerprint density at radius 1 is 1.21 bits per heavy atom. The largest absolute Gasteiger partial charge is 0.397 e. The zero-order valence-corrected chi connectivity index (χ0v) is 11.1. The molecule has 3 aromatic rings. The molecule has 96 valence electrons. The van der Waals surface area contributed by atoms with Gasteiger partial charge in [-0.1, -0.05) is 17.7 Å². The number of aromatic amines is 1. The molecule has 0 aliphatic heterocycles. The van der Waals surface area contributed by atoms with E-state index in [0.29, 0.717) is 10.7 Å². The Kier molecular flexibility index (Phi) is 2.80. The number of benzene rings is 2. The van der Waals surface area contributed by atoms with Gasteiger partial charge in [0.25, 0.3) is 0 Å². The summed E-state index contributed by atoms with van der Waals surface area (Å²) in [6, 6.07) is 9.62. The number of nitrogens with one attached hydrogen (secondary N) is 2. The number of nitrogens with two attached hydrogens (primary N) is 1. The Bertz CT molecular complexity index is 748. The van der Waals surface area contributed by atoms with Gasteiger partial charge in [-0.25, -0.2) is 0 Å². The van der Waals surface area contributed by atoms with Crippen LogP contribution in [-0.2, 0) is 0 Å². The van der Waals surface area contributed by atoms with Crippen molar-refractivity contribution in [3.05, 3.63) is 47.1 Å². The predicted octanol–water partition coefficient (Wildman–Crippen LogP) is 3.85. The van der Waals surface area contributed by atoms with Gasteiger partial charge in [0, 0.05) is 5.39 Å². The minimum Gasteiger partial charge on any atom is -0.397 e. The van der Waals surface area contributed by atoms with Crippen molar-refractivity contribution in [2.24, 2.45) is 0 Å². The quantitative estimate of drug-likeness (QED) is 0.621. The highest BCUT2D eigenvalue weighted by molar-refractivity contribution is 6.33. The fourth-order valence-electron chi connectivity index (χ4n) is 2.00. The summed E-state index contributed by atoms with van der Waals surface area (Å²) in [7, 11) is 0. The van der Waals surface area contributed by atoms with Crippen LogP contribution in [0, 0.1) is 6.92 Å². The van der Waals surface area contributed by atoms with Crippen LogP contribution < -0.4 is 11.1 Å². The molecule has 1 heterocycles. The molecule has 4 nitrogen and oxygen atoms in total. The van der Waals surface area contributed by atoms with Gasteiger partial charge in [-0.3, -0.25) is 5.10 Å². The predicted molar refractivity (Wildman–Crippen MR) is 80.0 cm³/mol. The van der Waals surface area contributed by atoms with Crippen LogP contribution in [0.25, 0.3) is 10.9 Å². The SMILES string of the molecule is Cc1ccc(Cl)c(Nc2cc3[nH]ncc3cc2N)c1. The van der Waals surface area contributed by atoms with Crippen LogP contribution in [0.3, 0.4) is 0 Å². The fourth-order valence-corrected chi connectivity index (χ4v) is 2.16. The van der Waals surface area contributed by atoms with E-state index in [0.717, 1.165) is 27.8 Å². The number of nitrogen functional groups attached to an aromatic ring is 1. The molecule has 0 spiro atoms. The standard InChI is InChI=1S/C14H13ClN4/c1-8-2-3-10(15)13(4-8)18-14-6-12-9(5-11(14)16)7-17-19-12/h2-7,18H,16H2,1H3,(H,17,19). The molecule has 0 saturated carbocycles. The molecule has 0 unspecified atom stereocenters. The molecule has 0 amide bonds. The molecular weight excluding hydrogens is 260 g/mol. The third-order valence-electron chi connectivity index (χ3n) is 3.00. The number of aryl methyl sites for hydroxylation is 1. The van der Waals surface area contributed by atoms with Crippen LogP contribution >= 0.6 is 11.6 Å². The molecule has 0 bridgehead atoms. The normalized spacial score (nSPS) is 10.8. The molecule has 0 fully saturated rings. The smallest absolute Gasteiger partial charge is 0.0672 e. The molecule has 0 radical (unpaired) electrons. The number of aromatic nitrogens is 2. The average molecular weight is 273 g/mol. The summed E-state index contributed by atoms with van der Waals surface area (Å²) in [5.41, 5.74) is 10.4. The van der Waals surface area contributed by atoms with Gasteiger partial charge in [-0.15, -0.1) is 0 Å². The van der Waals surface area contributed by atoms with Gasteiger partial charge in [0.2, 0.25) is 0 Å². The highest BCUT2D eigenvalue weighted by atomic mass is 35.5. The van der Waals surface area contributed by atoms with Crippen LogP contribution in [-0.4, -0.2) is 10.2 Å². The fraction of sp³-hybridized carbons (Fsp3) is 0.0714. The molecule has 0 atom stereocenters. The third-order valence-corrected chi connectivity index (χ3v) is 3.33. The van der Waals surface area contributed by atoms with Crippen LogP contribution in [0.1, 0.15) is 5.56 Å². The van der Waals surface area contributed by atoms with E-state index in [2.05, 4.69) is 15.5 Å². The van der Waals surface area contributed by atoms with Gasteiger partial charge in [-0.05, 0) is 36.8 Å². The lowest BCUT2D eigenvalue weighted by atomic mass is 10.2. The maximum absolute atomic E-state index is 6.17. The van der Waals surface area contributed by atoms with Crippen molar-refractivity contribution >= 4 is 39.6 Å². The Labute approximate surface area is 115 Å². The van der Waals surface area contributed by atoms with Crippen molar-refractivity contribution in [3.63, 3.8) is 0 Å². The first-order valence-electron chi connectivity index (χ1n) is 5.89. The summed E-state index contributed by atoms with van der Waals surface area (Å²) in [6.45, 7) is 2.02. The van der Waals surface area contributed by atoms with Crippen molar-refractivity contribution in [2.75, 3.05) is 11.1 Å². The number of nitrogens with zero attached hydrogens (tertiary/aromatic N) is 1. The highest BCUT2D eigenvalue weighted by Crippen LogP contribution is 2.31. The molecule has 2 aromatic carbocycles. The van der Waals surface area contributed by atoms with E-state index in [1.165, 1.54) is 0 Å². The highest BCUT2D eigenvalue weighted by Gasteiger charge is 2.06. The van der Waals surface area contributed by atoms with Crippen LogP contribution in [0.2, 0.25) is 5.02 Å². The summed E-state index contributed by atoms with van der Waals surface area (Å²) >= 11 is 6.17. The van der Waals surface area contributed by atoms with Crippen LogP contribution in [0.4, 0.5) is 17.1 Å². The number of H-pyrrole nitrogens is 1. The van der Waals surface area contributed by atoms with Gasteiger partial charge in [-0.2, -0.15) is 5.10 Å². The van der Waals surface area contributed by atoms with E-state index in [4.69, 9.17) is 17.3 Å². The first-order valence-corrected chi connectivity index (χ1v) is 6.27. The second-order valence-corrected chi connectivity index (χ2v) is 4.91. The molecule has 3 rings (SSSR count).